The standard InChI is InChI=1S/C16H15Cl2OP/c17-13-9-4-10-14(18)15(13)16(19)20-11-5-8-12-6-2-1-3-7-12/h1-4,6-7,9-10,20H,5,8,11H2. The molecule has 104 valence electrons. The molecule has 4 heteroatoms. The Bertz CT molecular complexity index is 564. The SMILES string of the molecule is O=C(PCCCc1ccccc1)c1c(Cl)cccc1Cl. The Hall–Kier alpha value is -0.880. The number of aryl methyl sites for hydroxylation is 1. The maximum atomic E-state index is 12.1. The maximum Gasteiger partial charge on any atom is 0.184 e. The largest absolute Gasteiger partial charge is 0.289 e. The number of halogens is 2. The molecule has 1 atom stereocenters. The summed E-state index contributed by atoms with van der Waals surface area (Å²) in [5, 5.41) is 0.885. The lowest BCUT2D eigenvalue weighted by Crippen LogP contribution is -1.96. The van der Waals surface area contributed by atoms with Gasteiger partial charge in [0.15, 0.2) is 5.52 Å². The average molecular weight is 325 g/mol. The highest BCUT2D eigenvalue weighted by atomic mass is 35.5. The van der Waals surface area contributed by atoms with Crippen molar-refractivity contribution in [3.05, 3.63) is 69.7 Å². The highest BCUT2D eigenvalue weighted by molar-refractivity contribution is 7.58. The van der Waals surface area contributed by atoms with E-state index in [4.69, 9.17) is 23.2 Å². The zero-order valence-electron chi connectivity index (χ0n) is 10.9. The number of hydrogen-bond donors (Lipinski definition) is 0. The third kappa shape index (κ3) is 4.31. The zero-order valence-corrected chi connectivity index (χ0v) is 13.4. The normalized spacial score (nSPS) is 11.1. The van der Waals surface area contributed by atoms with E-state index < -0.39 is 0 Å². The van der Waals surface area contributed by atoms with Crippen LogP contribution in [0.2, 0.25) is 10.0 Å². The van der Waals surface area contributed by atoms with E-state index in [1.165, 1.54) is 5.56 Å². The van der Waals surface area contributed by atoms with Gasteiger partial charge in [0, 0.05) is 0 Å². The van der Waals surface area contributed by atoms with E-state index in [0.717, 1.165) is 19.0 Å². The molecule has 0 saturated heterocycles. The van der Waals surface area contributed by atoms with Crippen molar-refractivity contribution in [1.82, 2.24) is 0 Å². The monoisotopic (exact) mass is 324 g/mol. The Morgan fingerprint density at radius 1 is 0.950 bits per heavy atom. The second-order valence-corrected chi connectivity index (χ2v) is 6.56. The van der Waals surface area contributed by atoms with Gasteiger partial charge in [-0.3, -0.25) is 4.79 Å². The first kappa shape index (κ1) is 15.5. The molecule has 0 aliphatic heterocycles. The van der Waals surface area contributed by atoms with Crippen LogP contribution in [0.15, 0.2) is 48.5 Å². The predicted octanol–water partition coefficient (Wildman–Crippen LogP) is 5.44. The molecule has 0 aromatic heterocycles. The summed E-state index contributed by atoms with van der Waals surface area (Å²) in [6.45, 7) is 0. The lowest BCUT2D eigenvalue weighted by molar-refractivity contribution is 0.108. The maximum absolute atomic E-state index is 12.1. The van der Waals surface area contributed by atoms with Gasteiger partial charge < -0.3 is 0 Å². The molecular formula is C16H15Cl2OP. The minimum absolute atomic E-state index is 0.0497. The fourth-order valence-corrected chi connectivity index (χ4v) is 3.70. The second-order valence-electron chi connectivity index (χ2n) is 4.44. The van der Waals surface area contributed by atoms with Crippen LogP contribution in [-0.2, 0) is 6.42 Å². The fraction of sp³-hybridized carbons (Fsp3) is 0.188. The zero-order chi connectivity index (χ0) is 14.4. The second kappa shape index (κ2) is 7.78. The topological polar surface area (TPSA) is 17.1 Å². The molecule has 0 aliphatic rings. The van der Waals surface area contributed by atoms with Crippen molar-refractivity contribution in [2.75, 3.05) is 6.16 Å². The number of hydrogen-bond acceptors (Lipinski definition) is 1. The van der Waals surface area contributed by atoms with E-state index >= 15 is 0 Å². The minimum atomic E-state index is 0.0497. The van der Waals surface area contributed by atoms with Crippen molar-refractivity contribution in [3.8, 4) is 0 Å². The van der Waals surface area contributed by atoms with Crippen LogP contribution in [0.4, 0.5) is 0 Å². The van der Waals surface area contributed by atoms with Crippen LogP contribution >= 0.6 is 31.8 Å². The Labute approximate surface area is 131 Å². The number of carbonyl (C=O) groups is 1. The molecule has 0 radical (unpaired) electrons. The van der Waals surface area contributed by atoms with Crippen molar-refractivity contribution in [2.24, 2.45) is 0 Å². The molecular weight excluding hydrogens is 310 g/mol. The molecule has 20 heavy (non-hydrogen) atoms. The van der Waals surface area contributed by atoms with Crippen LogP contribution in [-0.4, -0.2) is 11.7 Å². The van der Waals surface area contributed by atoms with E-state index in [9.17, 15) is 4.79 Å². The van der Waals surface area contributed by atoms with E-state index in [1.54, 1.807) is 18.2 Å². The van der Waals surface area contributed by atoms with Crippen molar-refractivity contribution in [2.45, 2.75) is 12.8 Å². The van der Waals surface area contributed by atoms with Crippen LogP contribution in [0.25, 0.3) is 0 Å². The molecule has 0 aliphatic carbocycles. The first-order valence-electron chi connectivity index (χ1n) is 6.44. The molecule has 0 bridgehead atoms. The predicted molar refractivity (Wildman–Crippen MR) is 88.7 cm³/mol. The van der Waals surface area contributed by atoms with Crippen LogP contribution in [0, 0.1) is 0 Å². The summed E-state index contributed by atoms with van der Waals surface area (Å²) >= 11 is 12.1. The summed E-state index contributed by atoms with van der Waals surface area (Å²) in [5.41, 5.74) is 1.82. The van der Waals surface area contributed by atoms with E-state index in [-0.39, 0.29) is 14.1 Å². The molecule has 1 unspecified atom stereocenters. The molecule has 2 aromatic rings. The average Bonchev–Trinajstić information content (AvgIpc) is 2.44. The summed E-state index contributed by atoms with van der Waals surface area (Å²) < 4.78 is 0. The molecule has 0 saturated carbocycles. The lowest BCUT2D eigenvalue weighted by atomic mass is 10.1. The minimum Gasteiger partial charge on any atom is -0.289 e. The summed E-state index contributed by atoms with van der Waals surface area (Å²) in [6.07, 6.45) is 2.86. The van der Waals surface area contributed by atoms with Crippen LogP contribution in [0.5, 0.6) is 0 Å². The van der Waals surface area contributed by atoms with Gasteiger partial charge >= 0.3 is 0 Å². The molecule has 1 nitrogen and oxygen atoms in total. The summed E-state index contributed by atoms with van der Waals surface area (Å²) in [7, 11) is 0.220. The molecule has 0 spiro atoms. The molecule has 2 aromatic carbocycles. The Kier molecular flexibility index (Phi) is 6.04. The van der Waals surface area contributed by atoms with Gasteiger partial charge in [0.1, 0.15) is 0 Å². The smallest absolute Gasteiger partial charge is 0.184 e. The van der Waals surface area contributed by atoms with Crippen molar-refractivity contribution < 1.29 is 4.79 Å². The Morgan fingerprint density at radius 3 is 2.25 bits per heavy atom. The van der Waals surface area contributed by atoms with Gasteiger partial charge in [-0.15, -0.1) is 0 Å². The fourth-order valence-electron chi connectivity index (χ4n) is 1.94. The van der Waals surface area contributed by atoms with Gasteiger partial charge in [-0.1, -0.05) is 59.6 Å². The molecule has 2 rings (SSSR count). The first-order valence-corrected chi connectivity index (χ1v) is 8.41. The van der Waals surface area contributed by atoms with E-state index in [0.29, 0.717) is 15.6 Å². The Morgan fingerprint density at radius 2 is 1.60 bits per heavy atom. The van der Waals surface area contributed by atoms with Crippen LogP contribution in [0.3, 0.4) is 0 Å². The van der Waals surface area contributed by atoms with Gasteiger partial charge in [0.05, 0.1) is 15.6 Å². The van der Waals surface area contributed by atoms with Gasteiger partial charge in [-0.05, 0) is 45.3 Å². The van der Waals surface area contributed by atoms with Crippen LogP contribution < -0.4 is 0 Å². The molecule has 0 heterocycles. The summed E-state index contributed by atoms with van der Waals surface area (Å²) in [5.74, 6) is 0. The molecule has 0 fully saturated rings. The summed E-state index contributed by atoms with van der Waals surface area (Å²) in [6, 6.07) is 15.4. The third-order valence-corrected chi connectivity index (χ3v) is 4.77. The van der Waals surface area contributed by atoms with Crippen molar-refractivity contribution in [1.29, 1.82) is 0 Å². The van der Waals surface area contributed by atoms with Crippen LogP contribution in [0.1, 0.15) is 22.3 Å². The first-order chi connectivity index (χ1) is 9.68. The highest BCUT2D eigenvalue weighted by Gasteiger charge is 2.13. The number of rotatable bonds is 6. The quantitative estimate of drug-likeness (QED) is 0.510. The molecule has 0 N–H and O–H groups in total. The highest BCUT2D eigenvalue weighted by Crippen LogP contribution is 2.31. The van der Waals surface area contributed by atoms with E-state index in [1.807, 2.05) is 18.2 Å². The third-order valence-electron chi connectivity index (χ3n) is 2.96. The van der Waals surface area contributed by atoms with Gasteiger partial charge in [0.25, 0.3) is 0 Å². The van der Waals surface area contributed by atoms with E-state index in [2.05, 4.69) is 12.1 Å². The lowest BCUT2D eigenvalue weighted by Gasteiger charge is -2.06. The van der Waals surface area contributed by atoms with Gasteiger partial charge in [0.2, 0.25) is 0 Å². The number of benzene rings is 2. The Balaban J connectivity index is 1.84. The van der Waals surface area contributed by atoms with Gasteiger partial charge in [-0.2, -0.15) is 0 Å². The van der Waals surface area contributed by atoms with Crippen molar-refractivity contribution >= 4 is 37.3 Å². The number of carbonyl (C=O) groups excluding carboxylic acids is 1. The summed E-state index contributed by atoms with van der Waals surface area (Å²) in [4.78, 5) is 12.1. The van der Waals surface area contributed by atoms with Gasteiger partial charge in [-0.25, -0.2) is 0 Å². The van der Waals surface area contributed by atoms with Crippen molar-refractivity contribution in [3.63, 3.8) is 0 Å². The molecule has 0 amide bonds.